The number of nitrogens with one attached hydrogen (secondary N) is 1. The average molecular weight is 301 g/mol. The first-order chi connectivity index (χ1) is 10.5. The Bertz CT molecular complexity index is 602. The second-order valence-electron chi connectivity index (χ2n) is 6.66. The van der Waals surface area contributed by atoms with E-state index >= 15 is 0 Å². The number of esters is 1. The largest absolute Gasteiger partial charge is 0.458 e. The van der Waals surface area contributed by atoms with Crippen LogP contribution in [-0.4, -0.2) is 17.5 Å². The molecule has 0 bridgehead atoms. The van der Waals surface area contributed by atoms with Gasteiger partial charge < -0.3 is 10.1 Å². The van der Waals surface area contributed by atoms with Gasteiger partial charge >= 0.3 is 5.97 Å². The number of aryl methyl sites for hydroxylation is 2. The normalized spacial score (nSPS) is 23.4. The summed E-state index contributed by atoms with van der Waals surface area (Å²) in [7, 11) is 0. The lowest BCUT2D eigenvalue weighted by Gasteiger charge is -2.36. The number of carbonyl (C=O) groups is 2. The van der Waals surface area contributed by atoms with Crippen LogP contribution in [0.4, 0.5) is 5.69 Å². The summed E-state index contributed by atoms with van der Waals surface area (Å²) >= 11 is 0. The Balaban J connectivity index is 1.81. The first-order valence-electron chi connectivity index (χ1n) is 8.10. The highest BCUT2D eigenvalue weighted by molar-refractivity contribution is 5.97. The summed E-state index contributed by atoms with van der Waals surface area (Å²) < 4.78 is 5.62. The van der Waals surface area contributed by atoms with Crippen molar-refractivity contribution in [3.05, 3.63) is 29.3 Å². The lowest BCUT2D eigenvalue weighted by Crippen LogP contribution is -2.43. The summed E-state index contributed by atoms with van der Waals surface area (Å²) in [5.74, 6) is -0.676. The van der Waals surface area contributed by atoms with Gasteiger partial charge in [-0.25, -0.2) is 0 Å². The van der Waals surface area contributed by atoms with Gasteiger partial charge in [0.2, 0.25) is 5.91 Å². The lowest BCUT2D eigenvalue weighted by molar-refractivity contribution is -0.153. The molecule has 0 aromatic heterocycles. The van der Waals surface area contributed by atoms with Crippen LogP contribution in [0.25, 0.3) is 0 Å². The van der Waals surface area contributed by atoms with E-state index in [4.69, 9.17) is 4.74 Å². The van der Waals surface area contributed by atoms with Crippen molar-refractivity contribution in [2.24, 2.45) is 5.92 Å². The molecule has 1 amide bonds. The molecule has 118 valence electrons. The van der Waals surface area contributed by atoms with Crippen LogP contribution < -0.4 is 5.32 Å². The molecule has 1 N–H and O–H groups in total. The molecule has 1 aromatic carbocycles. The van der Waals surface area contributed by atoms with Crippen molar-refractivity contribution in [1.82, 2.24) is 0 Å². The fourth-order valence-electron chi connectivity index (χ4n) is 3.71. The molecule has 1 spiro atoms. The Morgan fingerprint density at radius 3 is 2.68 bits per heavy atom. The predicted molar refractivity (Wildman–Crippen MR) is 84.6 cm³/mol. The van der Waals surface area contributed by atoms with Gasteiger partial charge in [-0.2, -0.15) is 0 Å². The predicted octanol–water partition coefficient (Wildman–Crippen LogP) is 3.51. The first-order valence-corrected chi connectivity index (χ1v) is 8.10. The van der Waals surface area contributed by atoms with Crippen LogP contribution in [0, 0.1) is 19.8 Å². The molecular weight excluding hydrogens is 278 g/mol. The van der Waals surface area contributed by atoms with Gasteiger partial charge in [-0.1, -0.05) is 18.6 Å². The average Bonchev–Trinajstić information content (AvgIpc) is 2.80. The molecule has 22 heavy (non-hydrogen) atoms. The number of carbonyl (C=O) groups excluding carboxylic acids is 2. The van der Waals surface area contributed by atoms with Crippen LogP contribution in [0.2, 0.25) is 0 Å². The fraction of sp³-hybridized carbons (Fsp3) is 0.556. The van der Waals surface area contributed by atoms with Gasteiger partial charge in [-0.05, 0) is 56.7 Å². The van der Waals surface area contributed by atoms with Crippen molar-refractivity contribution < 1.29 is 14.3 Å². The van der Waals surface area contributed by atoms with Crippen molar-refractivity contribution in [2.75, 3.05) is 5.32 Å². The Hall–Kier alpha value is -1.84. The Morgan fingerprint density at radius 2 is 1.95 bits per heavy atom. The molecule has 1 aliphatic heterocycles. The third kappa shape index (κ3) is 2.74. The van der Waals surface area contributed by atoms with Crippen molar-refractivity contribution in [1.29, 1.82) is 0 Å². The molecule has 4 heteroatoms. The van der Waals surface area contributed by atoms with E-state index < -0.39 is 5.60 Å². The second kappa shape index (κ2) is 5.75. The van der Waals surface area contributed by atoms with Crippen molar-refractivity contribution in [3.8, 4) is 0 Å². The van der Waals surface area contributed by atoms with Crippen LogP contribution in [0.3, 0.4) is 0 Å². The quantitative estimate of drug-likeness (QED) is 0.850. The molecule has 1 aliphatic carbocycles. The van der Waals surface area contributed by atoms with Crippen LogP contribution in [-0.2, 0) is 14.3 Å². The third-order valence-electron chi connectivity index (χ3n) is 4.99. The molecule has 3 rings (SSSR count). The maximum absolute atomic E-state index is 12.8. The molecule has 1 saturated carbocycles. The van der Waals surface area contributed by atoms with Crippen LogP contribution >= 0.6 is 0 Å². The zero-order valence-corrected chi connectivity index (χ0v) is 13.3. The van der Waals surface area contributed by atoms with Crippen LogP contribution in [0.1, 0.15) is 49.7 Å². The van der Waals surface area contributed by atoms with Gasteiger partial charge in [-0.15, -0.1) is 0 Å². The Labute approximate surface area is 131 Å². The van der Waals surface area contributed by atoms with E-state index in [1.807, 2.05) is 32.0 Å². The summed E-state index contributed by atoms with van der Waals surface area (Å²) in [5, 5.41) is 3.01. The molecule has 1 aromatic rings. The minimum Gasteiger partial charge on any atom is -0.458 e. The van der Waals surface area contributed by atoms with E-state index in [2.05, 4.69) is 5.32 Å². The molecule has 1 atom stereocenters. The standard InChI is InChI=1S/C18H23NO3/c1-12-6-7-13(2)15(10-12)19-17(21)14-11-16(20)22-18(14)8-4-3-5-9-18/h6-7,10,14H,3-5,8-9,11H2,1-2H3,(H,19,21)/t14-/m0/s1. The highest BCUT2D eigenvalue weighted by atomic mass is 16.6. The highest BCUT2D eigenvalue weighted by Crippen LogP contribution is 2.44. The second-order valence-corrected chi connectivity index (χ2v) is 6.66. The molecule has 2 fully saturated rings. The third-order valence-corrected chi connectivity index (χ3v) is 4.99. The summed E-state index contributed by atoms with van der Waals surface area (Å²) in [5.41, 5.74) is 2.40. The van der Waals surface area contributed by atoms with Gasteiger partial charge in [-0.3, -0.25) is 9.59 Å². The van der Waals surface area contributed by atoms with Crippen molar-refractivity contribution in [2.45, 2.75) is 58.0 Å². The molecular formula is C18H23NO3. The Kier molecular flexibility index (Phi) is 3.94. The number of hydrogen-bond donors (Lipinski definition) is 1. The van der Waals surface area contributed by atoms with E-state index in [1.165, 1.54) is 0 Å². The molecule has 1 heterocycles. The number of amides is 1. The maximum Gasteiger partial charge on any atom is 0.307 e. The number of anilines is 1. The number of rotatable bonds is 2. The van der Waals surface area contributed by atoms with E-state index in [1.54, 1.807) is 0 Å². The van der Waals surface area contributed by atoms with Gasteiger partial charge in [0, 0.05) is 5.69 Å². The smallest absolute Gasteiger partial charge is 0.307 e. The highest BCUT2D eigenvalue weighted by Gasteiger charge is 2.52. The molecule has 1 saturated heterocycles. The summed E-state index contributed by atoms with van der Waals surface area (Å²) in [4.78, 5) is 24.6. The summed E-state index contributed by atoms with van der Waals surface area (Å²) in [6.45, 7) is 3.97. The Morgan fingerprint density at radius 1 is 1.23 bits per heavy atom. The van der Waals surface area contributed by atoms with E-state index in [0.29, 0.717) is 0 Å². The fourth-order valence-corrected chi connectivity index (χ4v) is 3.71. The molecule has 0 radical (unpaired) electrons. The van der Waals surface area contributed by atoms with Gasteiger partial charge in [0.1, 0.15) is 5.60 Å². The van der Waals surface area contributed by atoms with E-state index in [9.17, 15) is 9.59 Å². The minimum absolute atomic E-state index is 0.0820. The number of hydrogen-bond acceptors (Lipinski definition) is 3. The lowest BCUT2D eigenvalue weighted by atomic mass is 9.75. The van der Waals surface area contributed by atoms with Crippen LogP contribution in [0.5, 0.6) is 0 Å². The monoisotopic (exact) mass is 301 g/mol. The summed E-state index contributed by atoms with van der Waals surface area (Å²) in [6.07, 6.45) is 5.04. The van der Waals surface area contributed by atoms with Gasteiger partial charge in [0.25, 0.3) is 0 Å². The molecule has 0 unspecified atom stereocenters. The molecule has 2 aliphatic rings. The minimum atomic E-state index is -0.558. The van der Waals surface area contributed by atoms with E-state index in [0.717, 1.165) is 48.9 Å². The number of benzene rings is 1. The topological polar surface area (TPSA) is 55.4 Å². The molecule has 4 nitrogen and oxygen atoms in total. The van der Waals surface area contributed by atoms with Crippen molar-refractivity contribution >= 4 is 17.6 Å². The first kappa shape index (κ1) is 15.1. The van der Waals surface area contributed by atoms with Crippen LogP contribution in [0.15, 0.2) is 18.2 Å². The van der Waals surface area contributed by atoms with Crippen molar-refractivity contribution in [3.63, 3.8) is 0 Å². The SMILES string of the molecule is Cc1ccc(C)c(NC(=O)[C@@H]2CC(=O)OC23CCCCC3)c1. The zero-order chi connectivity index (χ0) is 15.7. The van der Waals surface area contributed by atoms with Gasteiger partial charge in [0.15, 0.2) is 0 Å². The van der Waals surface area contributed by atoms with E-state index in [-0.39, 0.29) is 24.2 Å². The zero-order valence-electron chi connectivity index (χ0n) is 13.3. The summed E-state index contributed by atoms with van der Waals surface area (Å²) in [6, 6.07) is 5.99. The van der Waals surface area contributed by atoms with Gasteiger partial charge in [0.05, 0.1) is 12.3 Å². The maximum atomic E-state index is 12.8. The number of ether oxygens (including phenoxy) is 1.